The van der Waals surface area contributed by atoms with Crippen LogP contribution in [-0.2, 0) is 4.79 Å². The quantitative estimate of drug-likeness (QED) is 0.822. The van der Waals surface area contributed by atoms with Crippen molar-refractivity contribution >= 4 is 22.4 Å². The molecule has 6 heteroatoms. The predicted molar refractivity (Wildman–Crippen MR) is 102 cm³/mol. The van der Waals surface area contributed by atoms with E-state index in [-0.39, 0.29) is 5.91 Å². The van der Waals surface area contributed by atoms with E-state index in [1.165, 1.54) is 24.2 Å². The highest BCUT2D eigenvalue weighted by Gasteiger charge is 2.16. The maximum atomic E-state index is 12.2. The number of benzene rings is 1. The van der Waals surface area contributed by atoms with Crippen LogP contribution in [0.15, 0.2) is 23.6 Å². The van der Waals surface area contributed by atoms with Crippen LogP contribution in [0.2, 0.25) is 0 Å². The lowest BCUT2D eigenvalue weighted by atomic mass is 9.93. The summed E-state index contributed by atoms with van der Waals surface area (Å²) in [6.07, 6.45) is 3.86. The summed E-state index contributed by atoms with van der Waals surface area (Å²) in [5.74, 6) is 1.51. The third kappa shape index (κ3) is 4.80. The van der Waals surface area contributed by atoms with Gasteiger partial charge in [0.2, 0.25) is 5.91 Å². The molecule has 1 aromatic carbocycles. The van der Waals surface area contributed by atoms with Crippen molar-refractivity contribution in [2.75, 3.05) is 25.5 Å². The first kappa shape index (κ1) is 17.9. The standard InChI is InChI=1S/C19H25N3O2S/c1-13-3-5-17(24-2)15(11-13)16-12-25-19(21-16)22-18(23)6-4-14-7-9-20-10-8-14/h3,5,11-12,14,20H,4,6-10H2,1-2H3,(H,21,22,23). The highest BCUT2D eigenvalue weighted by molar-refractivity contribution is 7.14. The highest BCUT2D eigenvalue weighted by atomic mass is 32.1. The summed E-state index contributed by atoms with van der Waals surface area (Å²) in [5.41, 5.74) is 2.93. The lowest BCUT2D eigenvalue weighted by Gasteiger charge is -2.21. The molecule has 1 aromatic heterocycles. The Balaban J connectivity index is 1.59. The van der Waals surface area contributed by atoms with Gasteiger partial charge in [-0.25, -0.2) is 4.98 Å². The van der Waals surface area contributed by atoms with Crippen molar-refractivity contribution in [1.82, 2.24) is 10.3 Å². The van der Waals surface area contributed by atoms with Gasteiger partial charge in [0.05, 0.1) is 12.8 Å². The molecule has 1 aliphatic rings. The number of thiazole rings is 1. The third-order valence-corrected chi connectivity index (χ3v) is 5.38. The third-order valence-electron chi connectivity index (χ3n) is 4.62. The maximum Gasteiger partial charge on any atom is 0.226 e. The minimum absolute atomic E-state index is 0.0515. The van der Waals surface area contributed by atoms with E-state index in [0.29, 0.717) is 17.5 Å². The van der Waals surface area contributed by atoms with E-state index in [1.54, 1.807) is 7.11 Å². The van der Waals surface area contributed by atoms with Gasteiger partial charge in [-0.15, -0.1) is 11.3 Å². The molecule has 0 aliphatic carbocycles. The average molecular weight is 359 g/mol. The van der Waals surface area contributed by atoms with E-state index in [9.17, 15) is 4.79 Å². The number of nitrogens with one attached hydrogen (secondary N) is 2. The van der Waals surface area contributed by atoms with Gasteiger partial charge >= 0.3 is 0 Å². The minimum atomic E-state index is 0.0515. The molecule has 2 heterocycles. The summed E-state index contributed by atoms with van der Waals surface area (Å²) in [6, 6.07) is 6.01. The molecule has 2 aromatic rings. The second-order valence-corrected chi connectivity index (χ2v) is 7.38. The van der Waals surface area contributed by atoms with Gasteiger partial charge in [-0.3, -0.25) is 4.79 Å². The first-order chi connectivity index (χ1) is 12.2. The summed E-state index contributed by atoms with van der Waals surface area (Å²) in [4.78, 5) is 16.8. The maximum absolute atomic E-state index is 12.2. The van der Waals surface area contributed by atoms with Gasteiger partial charge < -0.3 is 15.4 Å². The molecular weight excluding hydrogens is 334 g/mol. The zero-order valence-electron chi connectivity index (χ0n) is 14.8. The number of anilines is 1. The number of aryl methyl sites for hydroxylation is 1. The number of nitrogens with zero attached hydrogens (tertiary/aromatic N) is 1. The molecular formula is C19H25N3O2S. The van der Waals surface area contributed by atoms with Crippen LogP contribution in [0.25, 0.3) is 11.3 Å². The molecule has 3 rings (SSSR count). The van der Waals surface area contributed by atoms with E-state index in [4.69, 9.17) is 4.74 Å². The molecule has 0 unspecified atom stereocenters. The van der Waals surface area contributed by atoms with Crippen molar-refractivity contribution < 1.29 is 9.53 Å². The first-order valence-corrected chi connectivity index (χ1v) is 9.65. The molecule has 5 nitrogen and oxygen atoms in total. The zero-order chi connectivity index (χ0) is 17.6. The predicted octanol–water partition coefficient (Wildman–Crippen LogP) is 3.85. The second kappa shape index (κ2) is 8.45. The monoisotopic (exact) mass is 359 g/mol. The Bertz CT molecular complexity index is 723. The van der Waals surface area contributed by atoms with Crippen LogP contribution in [0, 0.1) is 12.8 Å². The smallest absolute Gasteiger partial charge is 0.226 e. The first-order valence-electron chi connectivity index (χ1n) is 8.77. The van der Waals surface area contributed by atoms with Crippen molar-refractivity contribution in [3.8, 4) is 17.0 Å². The van der Waals surface area contributed by atoms with Gasteiger partial charge in [-0.2, -0.15) is 0 Å². The summed E-state index contributed by atoms with van der Waals surface area (Å²) in [7, 11) is 1.66. The number of piperidine rings is 1. The normalized spacial score (nSPS) is 15.1. The number of amides is 1. The number of rotatable bonds is 6. The van der Waals surface area contributed by atoms with Crippen molar-refractivity contribution in [1.29, 1.82) is 0 Å². The average Bonchev–Trinajstić information content (AvgIpc) is 3.09. The van der Waals surface area contributed by atoms with Crippen LogP contribution in [0.4, 0.5) is 5.13 Å². The number of aromatic nitrogens is 1. The Hall–Kier alpha value is -1.92. The fraction of sp³-hybridized carbons (Fsp3) is 0.474. The van der Waals surface area contributed by atoms with Crippen molar-refractivity contribution in [2.24, 2.45) is 5.92 Å². The van der Waals surface area contributed by atoms with Crippen molar-refractivity contribution in [3.63, 3.8) is 0 Å². The number of ether oxygens (including phenoxy) is 1. The number of carbonyl (C=O) groups excluding carboxylic acids is 1. The Morgan fingerprint density at radius 3 is 2.96 bits per heavy atom. The Morgan fingerprint density at radius 2 is 2.20 bits per heavy atom. The number of methoxy groups -OCH3 is 1. The van der Waals surface area contributed by atoms with Crippen LogP contribution in [0.5, 0.6) is 5.75 Å². The topological polar surface area (TPSA) is 63.2 Å². The van der Waals surface area contributed by atoms with Crippen LogP contribution >= 0.6 is 11.3 Å². The Morgan fingerprint density at radius 1 is 1.40 bits per heavy atom. The highest BCUT2D eigenvalue weighted by Crippen LogP contribution is 2.33. The molecule has 1 aliphatic heterocycles. The van der Waals surface area contributed by atoms with E-state index < -0.39 is 0 Å². The summed E-state index contributed by atoms with van der Waals surface area (Å²) < 4.78 is 5.42. The molecule has 134 valence electrons. The molecule has 0 spiro atoms. The lowest BCUT2D eigenvalue weighted by molar-refractivity contribution is -0.116. The fourth-order valence-corrected chi connectivity index (χ4v) is 3.89. The Labute approximate surface area is 152 Å². The van der Waals surface area contributed by atoms with Crippen LogP contribution in [0.3, 0.4) is 0 Å². The van der Waals surface area contributed by atoms with E-state index in [0.717, 1.165) is 42.1 Å². The number of hydrogen-bond donors (Lipinski definition) is 2. The van der Waals surface area contributed by atoms with Crippen LogP contribution < -0.4 is 15.4 Å². The molecule has 0 radical (unpaired) electrons. The molecule has 1 amide bonds. The fourth-order valence-electron chi connectivity index (χ4n) is 3.16. The molecule has 1 saturated heterocycles. The summed E-state index contributed by atoms with van der Waals surface area (Å²) in [6.45, 7) is 4.18. The summed E-state index contributed by atoms with van der Waals surface area (Å²) in [5, 5.41) is 8.90. The van der Waals surface area contributed by atoms with Crippen molar-refractivity contribution in [3.05, 3.63) is 29.1 Å². The second-order valence-electron chi connectivity index (χ2n) is 6.52. The SMILES string of the molecule is COc1ccc(C)cc1-c1csc(NC(=O)CCC2CCNCC2)n1. The Kier molecular flexibility index (Phi) is 6.04. The van der Waals surface area contributed by atoms with Gasteiger partial charge in [0.1, 0.15) is 5.75 Å². The van der Waals surface area contributed by atoms with E-state index in [2.05, 4.69) is 21.7 Å². The van der Waals surface area contributed by atoms with Crippen LogP contribution in [-0.4, -0.2) is 31.1 Å². The van der Waals surface area contributed by atoms with Gasteiger partial charge in [0.25, 0.3) is 0 Å². The van der Waals surface area contributed by atoms with E-state index in [1.807, 2.05) is 24.4 Å². The van der Waals surface area contributed by atoms with Crippen molar-refractivity contribution in [2.45, 2.75) is 32.6 Å². The molecule has 0 bridgehead atoms. The summed E-state index contributed by atoms with van der Waals surface area (Å²) >= 11 is 1.45. The molecule has 0 saturated carbocycles. The zero-order valence-corrected chi connectivity index (χ0v) is 15.6. The molecule has 0 atom stereocenters. The number of carbonyl (C=O) groups is 1. The van der Waals surface area contributed by atoms with Gasteiger partial charge in [-0.05, 0) is 57.3 Å². The number of hydrogen-bond acceptors (Lipinski definition) is 5. The van der Waals surface area contributed by atoms with Crippen LogP contribution in [0.1, 0.15) is 31.2 Å². The minimum Gasteiger partial charge on any atom is -0.496 e. The lowest BCUT2D eigenvalue weighted by Crippen LogP contribution is -2.28. The van der Waals surface area contributed by atoms with Gasteiger partial charge in [0.15, 0.2) is 5.13 Å². The van der Waals surface area contributed by atoms with E-state index >= 15 is 0 Å². The molecule has 2 N–H and O–H groups in total. The van der Waals surface area contributed by atoms with Gasteiger partial charge in [0, 0.05) is 17.4 Å². The molecule has 1 fully saturated rings. The molecule has 25 heavy (non-hydrogen) atoms. The van der Waals surface area contributed by atoms with Gasteiger partial charge in [-0.1, -0.05) is 11.6 Å². The largest absolute Gasteiger partial charge is 0.496 e.